The van der Waals surface area contributed by atoms with E-state index in [4.69, 9.17) is 5.73 Å². The number of aromatic nitrogens is 2. The lowest BCUT2D eigenvalue weighted by Crippen LogP contribution is -2.12. The van der Waals surface area contributed by atoms with Crippen LogP contribution in [-0.2, 0) is 10.0 Å². The maximum Gasteiger partial charge on any atom is 0.261 e. The number of anilines is 2. The van der Waals surface area contributed by atoms with Crippen molar-refractivity contribution < 1.29 is 13.5 Å². The Kier molecular flexibility index (Phi) is 4.30. The van der Waals surface area contributed by atoms with Crippen LogP contribution in [0.5, 0.6) is 5.88 Å². The van der Waals surface area contributed by atoms with E-state index in [1.54, 1.807) is 18.2 Å². The summed E-state index contributed by atoms with van der Waals surface area (Å²) >= 11 is 0. The number of hydrogen-bond acceptors (Lipinski definition) is 5. The van der Waals surface area contributed by atoms with Crippen LogP contribution in [0.2, 0.25) is 0 Å². The molecule has 0 aliphatic carbocycles. The molecule has 154 valence electrons. The lowest BCUT2D eigenvalue weighted by atomic mass is 10.1. The molecule has 0 aliphatic rings. The molecule has 0 fully saturated rings. The molecular formula is C23H18N4O3S. The van der Waals surface area contributed by atoms with Gasteiger partial charge in [-0.25, -0.2) is 13.4 Å². The van der Waals surface area contributed by atoms with Crippen LogP contribution < -0.4 is 10.5 Å². The highest BCUT2D eigenvalue weighted by atomic mass is 32.2. The molecule has 0 amide bonds. The molecule has 0 atom stereocenters. The summed E-state index contributed by atoms with van der Waals surface area (Å²) < 4.78 is 28.0. The predicted molar refractivity (Wildman–Crippen MR) is 122 cm³/mol. The lowest BCUT2D eigenvalue weighted by Gasteiger charge is -2.09. The molecule has 0 saturated carbocycles. The number of nitrogen functional groups attached to an aromatic ring is 1. The first kappa shape index (κ1) is 19.0. The number of sulfonamides is 1. The van der Waals surface area contributed by atoms with Gasteiger partial charge in [0.15, 0.2) is 5.88 Å². The summed E-state index contributed by atoms with van der Waals surface area (Å²) in [5.74, 6) is -0.0312. The molecule has 3 aromatic carbocycles. The predicted octanol–water partition coefficient (Wildman–Crippen LogP) is 4.47. The van der Waals surface area contributed by atoms with E-state index in [-0.39, 0.29) is 10.8 Å². The summed E-state index contributed by atoms with van der Waals surface area (Å²) in [5.41, 5.74) is 9.05. The minimum absolute atomic E-state index is 0.0312. The second-order valence-corrected chi connectivity index (χ2v) is 8.86. The third-order valence-electron chi connectivity index (χ3n) is 5.08. The Morgan fingerprint density at radius 2 is 1.71 bits per heavy atom. The molecule has 0 saturated heterocycles. The Bertz CT molecular complexity index is 1540. The number of rotatable bonds is 4. The fourth-order valence-corrected chi connectivity index (χ4v) is 4.62. The maximum atomic E-state index is 12.7. The first-order valence-electron chi connectivity index (χ1n) is 9.50. The van der Waals surface area contributed by atoms with Crippen molar-refractivity contribution in [2.45, 2.75) is 4.90 Å². The number of para-hydroxylation sites is 1. The molecule has 5 N–H and O–H groups in total. The Hall–Kier alpha value is -4.04. The van der Waals surface area contributed by atoms with Gasteiger partial charge in [-0.3, -0.25) is 4.72 Å². The Balaban J connectivity index is 1.59. The molecule has 7 nitrogen and oxygen atoms in total. The van der Waals surface area contributed by atoms with Crippen molar-refractivity contribution in [3.8, 4) is 17.1 Å². The van der Waals surface area contributed by atoms with Gasteiger partial charge in [-0.1, -0.05) is 24.3 Å². The van der Waals surface area contributed by atoms with Crippen molar-refractivity contribution in [3.05, 3.63) is 78.9 Å². The molecule has 0 radical (unpaired) electrons. The van der Waals surface area contributed by atoms with Crippen LogP contribution >= 0.6 is 0 Å². The van der Waals surface area contributed by atoms with E-state index in [9.17, 15) is 13.5 Å². The van der Waals surface area contributed by atoms with Gasteiger partial charge >= 0.3 is 0 Å². The first-order valence-corrected chi connectivity index (χ1v) is 11.0. The van der Waals surface area contributed by atoms with Crippen LogP contribution in [0.3, 0.4) is 0 Å². The molecule has 31 heavy (non-hydrogen) atoms. The number of fused-ring (bicyclic) bond motifs is 2. The van der Waals surface area contributed by atoms with E-state index in [1.807, 2.05) is 36.4 Å². The fourth-order valence-electron chi connectivity index (χ4n) is 3.57. The van der Waals surface area contributed by atoms with Crippen molar-refractivity contribution >= 4 is 43.2 Å². The Labute approximate surface area is 178 Å². The lowest BCUT2D eigenvalue weighted by molar-refractivity contribution is 0.460. The average Bonchev–Trinajstić information content (AvgIpc) is 3.08. The highest BCUT2D eigenvalue weighted by Gasteiger charge is 2.18. The second kappa shape index (κ2) is 7.03. The number of nitrogens with two attached hydrogens (primary N) is 1. The third kappa shape index (κ3) is 3.43. The number of aromatic hydroxyl groups is 1. The number of nitrogens with zero attached hydrogens (tertiary/aromatic N) is 1. The van der Waals surface area contributed by atoms with Gasteiger partial charge in [0.25, 0.3) is 10.0 Å². The van der Waals surface area contributed by atoms with Crippen LogP contribution in [0.1, 0.15) is 0 Å². The van der Waals surface area contributed by atoms with Crippen LogP contribution in [0.4, 0.5) is 11.4 Å². The molecular weight excluding hydrogens is 412 g/mol. The Morgan fingerprint density at radius 3 is 2.52 bits per heavy atom. The average molecular weight is 430 g/mol. The molecule has 2 heterocycles. The normalized spacial score (nSPS) is 11.7. The van der Waals surface area contributed by atoms with Gasteiger partial charge in [-0.05, 0) is 54.6 Å². The standard InChI is InChI=1S/C23H18N4O3S/c24-15-6-9-17(10-7-15)31(29,30)27-16-8-12-20-18(13-16)22(23(28)26-20)21-11-5-14-3-1-2-4-19(14)25-21/h1-13,26-28H,24H2. The number of pyridine rings is 1. The van der Waals surface area contributed by atoms with Gasteiger partial charge < -0.3 is 15.8 Å². The van der Waals surface area contributed by atoms with Gasteiger partial charge in [0.2, 0.25) is 0 Å². The van der Waals surface area contributed by atoms with Gasteiger partial charge in [0, 0.05) is 27.7 Å². The van der Waals surface area contributed by atoms with Crippen molar-refractivity contribution in [1.29, 1.82) is 0 Å². The zero-order valence-corrected chi connectivity index (χ0v) is 17.0. The molecule has 0 bridgehead atoms. The largest absolute Gasteiger partial charge is 0.494 e. The minimum atomic E-state index is -3.79. The maximum absolute atomic E-state index is 12.7. The highest BCUT2D eigenvalue weighted by molar-refractivity contribution is 7.92. The van der Waals surface area contributed by atoms with Crippen LogP contribution in [0, 0.1) is 0 Å². The number of H-pyrrole nitrogens is 1. The molecule has 5 aromatic rings. The van der Waals surface area contributed by atoms with Gasteiger partial charge in [-0.2, -0.15) is 0 Å². The monoisotopic (exact) mass is 430 g/mol. The number of hydrogen-bond donors (Lipinski definition) is 4. The molecule has 0 aliphatic heterocycles. The van der Waals surface area contributed by atoms with E-state index < -0.39 is 10.0 Å². The van der Waals surface area contributed by atoms with E-state index in [0.29, 0.717) is 33.5 Å². The first-order chi connectivity index (χ1) is 14.9. The van der Waals surface area contributed by atoms with E-state index >= 15 is 0 Å². The number of nitrogens with one attached hydrogen (secondary N) is 2. The third-order valence-corrected chi connectivity index (χ3v) is 6.47. The SMILES string of the molecule is Nc1ccc(S(=O)(=O)Nc2ccc3[nH]c(O)c(-c4ccc5ccccc5n4)c3c2)cc1. The quantitative estimate of drug-likeness (QED) is 0.313. The number of benzene rings is 3. The van der Waals surface area contributed by atoms with Crippen molar-refractivity contribution in [1.82, 2.24) is 9.97 Å². The van der Waals surface area contributed by atoms with Crippen molar-refractivity contribution in [2.24, 2.45) is 0 Å². The molecule has 8 heteroatoms. The summed E-state index contributed by atoms with van der Waals surface area (Å²) in [6.45, 7) is 0. The smallest absolute Gasteiger partial charge is 0.261 e. The van der Waals surface area contributed by atoms with Gasteiger partial charge in [-0.15, -0.1) is 0 Å². The van der Waals surface area contributed by atoms with Crippen LogP contribution in [-0.4, -0.2) is 23.5 Å². The van der Waals surface area contributed by atoms with E-state index in [0.717, 1.165) is 10.9 Å². The summed E-state index contributed by atoms with van der Waals surface area (Å²) in [4.78, 5) is 7.69. The molecule has 2 aromatic heterocycles. The molecule has 5 rings (SSSR count). The van der Waals surface area contributed by atoms with Gasteiger partial charge in [0.1, 0.15) is 0 Å². The van der Waals surface area contributed by atoms with E-state index in [1.165, 1.54) is 24.3 Å². The van der Waals surface area contributed by atoms with E-state index in [2.05, 4.69) is 14.7 Å². The van der Waals surface area contributed by atoms with Gasteiger partial charge in [0.05, 0.1) is 21.7 Å². The zero-order chi connectivity index (χ0) is 21.6. The van der Waals surface area contributed by atoms with Crippen molar-refractivity contribution in [3.63, 3.8) is 0 Å². The fraction of sp³-hybridized carbons (Fsp3) is 0. The summed E-state index contributed by atoms with van der Waals surface area (Å²) in [6, 6.07) is 22.4. The topological polar surface area (TPSA) is 121 Å². The van der Waals surface area contributed by atoms with Crippen LogP contribution in [0.25, 0.3) is 33.1 Å². The molecule has 0 spiro atoms. The summed E-state index contributed by atoms with van der Waals surface area (Å²) in [6.07, 6.45) is 0. The number of aromatic amines is 1. The highest BCUT2D eigenvalue weighted by Crippen LogP contribution is 2.37. The Morgan fingerprint density at radius 1 is 0.935 bits per heavy atom. The zero-order valence-electron chi connectivity index (χ0n) is 16.2. The summed E-state index contributed by atoms with van der Waals surface area (Å²) in [7, 11) is -3.79. The molecule has 0 unspecified atom stereocenters. The second-order valence-electron chi connectivity index (χ2n) is 7.17. The minimum Gasteiger partial charge on any atom is -0.494 e. The van der Waals surface area contributed by atoms with Crippen molar-refractivity contribution in [2.75, 3.05) is 10.5 Å². The summed E-state index contributed by atoms with van der Waals surface area (Å²) in [5, 5.41) is 12.2. The van der Waals surface area contributed by atoms with Crippen LogP contribution in [0.15, 0.2) is 83.8 Å².